The third-order valence-electron chi connectivity index (χ3n) is 6.92. The third kappa shape index (κ3) is 6.89. The summed E-state index contributed by atoms with van der Waals surface area (Å²) in [6.07, 6.45) is 8.67. The molecule has 1 aliphatic heterocycles. The van der Waals surface area contributed by atoms with Gasteiger partial charge in [-0.05, 0) is 37.5 Å². The fraction of sp³-hybridized carbons (Fsp3) is 0.333. The second kappa shape index (κ2) is 12.1. The third-order valence-corrected chi connectivity index (χ3v) is 8.92. The van der Waals surface area contributed by atoms with Gasteiger partial charge in [-0.25, -0.2) is 0 Å². The van der Waals surface area contributed by atoms with Crippen molar-refractivity contribution in [3.8, 4) is 0 Å². The summed E-state index contributed by atoms with van der Waals surface area (Å²) in [4.78, 5) is 37.8. The molecular formula is C27H26N10O2S2. The summed E-state index contributed by atoms with van der Waals surface area (Å²) in [7, 11) is 0. The average molecular weight is 587 g/mol. The smallest absolute Gasteiger partial charge is 0.232 e. The molecule has 0 saturated heterocycles. The van der Waals surface area contributed by atoms with Crippen LogP contribution in [0.3, 0.4) is 0 Å². The minimum atomic E-state index is -0.214. The van der Waals surface area contributed by atoms with E-state index in [9.17, 15) is 9.59 Å². The Morgan fingerprint density at radius 2 is 1.44 bits per heavy atom. The van der Waals surface area contributed by atoms with Crippen molar-refractivity contribution in [3.63, 3.8) is 0 Å². The van der Waals surface area contributed by atoms with Crippen molar-refractivity contribution >= 4 is 56.7 Å². The molecule has 0 bridgehead atoms. The second-order valence-electron chi connectivity index (χ2n) is 9.93. The molecule has 3 N–H and O–H groups in total. The van der Waals surface area contributed by atoms with Crippen molar-refractivity contribution < 1.29 is 9.59 Å². The molecule has 4 aromatic rings. The highest BCUT2D eigenvalue weighted by atomic mass is 32.1. The molecule has 1 fully saturated rings. The molecule has 1 saturated carbocycles. The van der Waals surface area contributed by atoms with Crippen LogP contribution in [0.2, 0.25) is 0 Å². The molecule has 41 heavy (non-hydrogen) atoms. The Morgan fingerprint density at radius 1 is 0.854 bits per heavy atom. The fourth-order valence-corrected chi connectivity index (χ4v) is 6.56. The first kappa shape index (κ1) is 26.9. The summed E-state index contributed by atoms with van der Waals surface area (Å²) in [5.74, 6) is 0.0350. The summed E-state index contributed by atoms with van der Waals surface area (Å²) < 4.78 is 0. The van der Waals surface area contributed by atoms with Crippen LogP contribution < -0.4 is 10.6 Å². The highest BCUT2D eigenvalue weighted by Gasteiger charge is 2.29. The van der Waals surface area contributed by atoms with Crippen LogP contribution in [0.1, 0.15) is 70.0 Å². The van der Waals surface area contributed by atoms with Gasteiger partial charge in [0.15, 0.2) is 0 Å². The SMILES string of the molecule is N=Cc1ccc(CC(=O)Nc2nnc([C@H]3CCC[C@H](c4nnc(NC(=O)Cc5ccc(C6=NC6)cn5)s4)C3)s2)nc1. The Morgan fingerprint density at radius 3 is 1.93 bits per heavy atom. The van der Waals surface area contributed by atoms with Gasteiger partial charge in [-0.15, -0.1) is 20.4 Å². The number of aliphatic imine (C=N–C) groups is 1. The molecule has 0 radical (unpaired) electrons. The minimum absolute atomic E-state index is 0.119. The topological polar surface area (TPSA) is 172 Å². The lowest BCUT2D eigenvalue weighted by Crippen LogP contribution is -2.15. The van der Waals surface area contributed by atoms with Crippen LogP contribution in [0.4, 0.5) is 10.3 Å². The van der Waals surface area contributed by atoms with Gasteiger partial charge in [-0.1, -0.05) is 35.2 Å². The maximum Gasteiger partial charge on any atom is 0.232 e. The van der Waals surface area contributed by atoms with Crippen molar-refractivity contribution in [1.29, 1.82) is 5.41 Å². The van der Waals surface area contributed by atoms with E-state index in [-0.39, 0.29) is 36.5 Å². The van der Waals surface area contributed by atoms with Gasteiger partial charge in [0, 0.05) is 53.0 Å². The van der Waals surface area contributed by atoms with Crippen molar-refractivity contribution in [2.75, 3.05) is 17.2 Å². The normalized spacial score (nSPS) is 17.9. The average Bonchev–Trinajstić information content (AvgIpc) is 3.56. The zero-order valence-electron chi connectivity index (χ0n) is 21.9. The van der Waals surface area contributed by atoms with Crippen molar-refractivity contribution in [3.05, 3.63) is 69.2 Å². The first-order chi connectivity index (χ1) is 20.0. The van der Waals surface area contributed by atoms with E-state index < -0.39 is 0 Å². The van der Waals surface area contributed by atoms with E-state index in [0.29, 0.717) is 27.2 Å². The molecular weight excluding hydrogens is 560 g/mol. The Hall–Kier alpha value is -4.30. The zero-order chi connectivity index (χ0) is 28.2. The molecule has 6 rings (SSSR count). The minimum Gasteiger partial charge on any atom is -0.308 e. The summed E-state index contributed by atoms with van der Waals surface area (Å²) >= 11 is 2.80. The monoisotopic (exact) mass is 586 g/mol. The molecule has 12 nitrogen and oxygen atoms in total. The van der Waals surface area contributed by atoms with Crippen molar-refractivity contribution in [2.24, 2.45) is 4.99 Å². The number of carbonyl (C=O) groups is 2. The predicted octanol–water partition coefficient (Wildman–Crippen LogP) is 3.78. The lowest BCUT2D eigenvalue weighted by atomic mass is 9.82. The van der Waals surface area contributed by atoms with E-state index in [1.54, 1.807) is 24.5 Å². The molecule has 4 aromatic heterocycles. The summed E-state index contributed by atoms with van der Waals surface area (Å²) in [6, 6.07) is 7.28. The van der Waals surface area contributed by atoms with Gasteiger partial charge in [0.25, 0.3) is 0 Å². The van der Waals surface area contributed by atoms with E-state index in [0.717, 1.165) is 53.5 Å². The van der Waals surface area contributed by atoms with E-state index in [4.69, 9.17) is 5.41 Å². The van der Waals surface area contributed by atoms with Crippen LogP contribution in [0.5, 0.6) is 0 Å². The standard InChI is InChI=1S/C27H26N10O2S2/c28-11-15-4-6-19(29-12-15)9-22(38)32-26-36-34-24(40-26)16-2-1-3-17(8-16)25-35-37-27(41-25)33-23(39)10-20-7-5-18(13-30-20)21-14-31-21/h4-7,11-13,16-17,28H,1-3,8-10,14H2,(H,32,36,38)(H,33,37,39)/t16-,17-/m0/s1. The van der Waals surface area contributed by atoms with Crippen LogP contribution >= 0.6 is 22.7 Å². The number of nitrogens with one attached hydrogen (secondary N) is 3. The largest absolute Gasteiger partial charge is 0.308 e. The van der Waals surface area contributed by atoms with E-state index in [1.165, 1.54) is 28.9 Å². The molecule has 0 aromatic carbocycles. The van der Waals surface area contributed by atoms with Gasteiger partial charge in [0.2, 0.25) is 22.1 Å². The Bertz CT molecular complexity index is 1600. The fourth-order valence-electron chi connectivity index (χ4n) is 4.74. The van der Waals surface area contributed by atoms with Gasteiger partial charge < -0.3 is 16.0 Å². The van der Waals surface area contributed by atoms with Crippen LogP contribution in [0, 0.1) is 5.41 Å². The zero-order valence-corrected chi connectivity index (χ0v) is 23.5. The highest BCUT2D eigenvalue weighted by molar-refractivity contribution is 7.15. The van der Waals surface area contributed by atoms with Crippen LogP contribution in [0.15, 0.2) is 41.7 Å². The van der Waals surface area contributed by atoms with Gasteiger partial charge >= 0.3 is 0 Å². The molecule has 1 aliphatic carbocycles. The number of amides is 2. The number of anilines is 2. The maximum absolute atomic E-state index is 12.6. The number of aromatic nitrogens is 6. The molecule has 0 spiro atoms. The van der Waals surface area contributed by atoms with Crippen LogP contribution in [-0.2, 0) is 22.4 Å². The lowest BCUT2D eigenvalue weighted by Gasteiger charge is -2.25. The Balaban J connectivity index is 1.01. The van der Waals surface area contributed by atoms with E-state index >= 15 is 0 Å². The summed E-state index contributed by atoms with van der Waals surface area (Å²) in [6.45, 7) is 0.769. The van der Waals surface area contributed by atoms with Gasteiger partial charge in [0.05, 0.1) is 25.1 Å². The first-order valence-corrected chi connectivity index (χ1v) is 14.9. The van der Waals surface area contributed by atoms with Crippen LogP contribution in [0.25, 0.3) is 0 Å². The van der Waals surface area contributed by atoms with Crippen LogP contribution in [-0.4, -0.2) is 60.6 Å². The Labute approximate surface area is 243 Å². The summed E-state index contributed by atoms with van der Waals surface area (Å²) in [5.41, 5.74) is 4.05. The second-order valence-corrected chi connectivity index (χ2v) is 11.9. The predicted molar refractivity (Wildman–Crippen MR) is 156 cm³/mol. The molecule has 14 heteroatoms. The first-order valence-electron chi connectivity index (χ1n) is 13.2. The molecule has 5 heterocycles. The van der Waals surface area contributed by atoms with Crippen molar-refractivity contribution in [2.45, 2.75) is 50.4 Å². The molecule has 2 amide bonds. The number of rotatable bonds is 10. The highest BCUT2D eigenvalue weighted by Crippen LogP contribution is 2.43. The number of nitrogens with zero attached hydrogens (tertiary/aromatic N) is 7. The number of hydrogen-bond acceptors (Lipinski definition) is 12. The maximum atomic E-state index is 12.6. The quantitative estimate of drug-likeness (QED) is 0.236. The summed E-state index contributed by atoms with van der Waals surface area (Å²) in [5, 5.41) is 32.8. The van der Waals surface area contributed by atoms with Gasteiger partial charge in [-0.3, -0.25) is 24.5 Å². The molecule has 2 atom stereocenters. The Kier molecular flexibility index (Phi) is 7.91. The van der Waals surface area contributed by atoms with E-state index in [2.05, 4.69) is 46.0 Å². The van der Waals surface area contributed by atoms with Gasteiger partial charge in [-0.2, -0.15) is 0 Å². The number of carbonyl (C=O) groups excluding carboxylic acids is 2. The van der Waals surface area contributed by atoms with Gasteiger partial charge in [0.1, 0.15) is 10.0 Å². The number of hydrogen-bond donors (Lipinski definition) is 3. The lowest BCUT2D eigenvalue weighted by molar-refractivity contribution is -0.116. The number of pyridine rings is 2. The molecule has 208 valence electrons. The van der Waals surface area contributed by atoms with Crippen molar-refractivity contribution in [1.82, 2.24) is 30.4 Å². The molecule has 0 unspecified atom stereocenters. The van der Waals surface area contributed by atoms with E-state index in [1.807, 2.05) is 12.1 Å². The molecule has 2 aliphatic rings.